The third kappa shape index (κ3) is 1.44. The molecule has 1 fully saturated rings. The maximum atomic E-state index is 5.66. The fourth-order valence-corrected chi connectivity index (χ4v) is 6.40. The van der Waals surface area contributed by atoms with Gasteiger partial charge in [-0.05, 0) is 29.6 Å². The highest BCUT2D eigenvalue weighted by molar-refractivity contribution is 6.69. The van der Waals surface area contributed by atoms with Crippen molar-refractivity contribution < 1.29 is 13.3 Å². The van der Waals surface area contributed by atoms with Crippen molar-refractivity contribution in [1.29, 1.82) is 0 Å². The van der Waals surface area contributed by atoms with Crippen LogP contribution in [0.1, 0.15) is 33.6 Å². The van der Waals surface area contributed by atoms with Gasteiger partial charge < -0.3 is 13.3 Å². The molecule has 0 heterocycles. The lowest BCUT2D eigenvalue weighted by atomic mass is 9.70. The predicted octanol–water partition coefficient (Wildman–Crippen LogP) is 2.79. The van der Waals surface area contributed by atoms with Crippen molar-refractivity contribution in [1.82, 2.24) is 0 Å². The van der Waals surface area contributed by atoms with Crippen LogP contribution in [-0.2, 0) is 13.3 Å². The molecule has 0 aromatic heterocycles. The van der Waals surface area contributed by atoms with Crippen molar-refractivity contribution in [2.45, 2.75) is 33.6 Å². The molecule has 98 valence electrons. The quantitative estimate of drug-likeness (QED) is 0.724. The second kappa shape index (κ2) is 3.92. The van der Waals surface area contributed by atoms with E-state index in [-0.39, 0.29) is 10.8 Å². The standard InChI is InChI=1S/C13H24O3Si/c1-12(2)10-7-8-13(12,3)11(9-10)17(14-4,15-5)16-6/h9-10H,7-8H2,1-6H3. The van der Waals surface area contributed by atoms with Crippen molar-refractivity contribution in [3.05, 3.63) is 11.3 Å². The highest BCUT2D eigenvalue weighted by Gasteiger charge is 2.64. The van der Waals surface area contributed by atoms with Gasteiger partial charge in [0.2, 0.25) is 0 Å². The summed E-state index contributed by atoms with van der Waals surface area (Å²) >= 11 is 0. The summed E-state index contributed by atoms with van der Waals surface area (Å²) in [6, 6.07) is 0. The van der Waals surface area contributed by atoms with E-state index in [1.807, 2.05) is 0 Å². The number of hydrogen-bond acceptors (Lipinski definition) is 3. The van der Waals surface area contributed by atoms with Crippen LogP contribution >= 0.6 is 0 Å². The Labute approximate surface area is 106 Å². The Kier molecular flexibility index (Phi) is 3.06. The molecule has 0 saturated heterocycles. The number of allylic oxidation sites excluding steroid dienone is 2. The minimum atomic E-state index is -2.64. The molecule has 2 aliphatic rings. The average molecular weight is 256 g/mol. The first-order valence-corrected chi connectivity index (χ1v) is 7.98. The normalized spacial score (nSPS) is 35.2. The van der Waals surface area contributed by atoms with E-state index in [0.29, 0.717) is 5.92 Å². The fraction of sp³-hybridized carbons (Fsp3) is 0.846. The fourth-order valence-electron chi connectivity index (χ4n) is 3.71. The SMILES string of the molecule is CO[Si](OC)(OC)C1=CC2CCC1(C)C2(C)C. The first-order valence-electron chi connectivity index (χ1n) is 6.26. The van der Waals surface area contributed by atoms with Crippen LogP contribution in [0.4, 0.5) is 0 Å². The molecule has 0 aliphatic heterocycles. The van der Waals surface area contributed by atoms with E-state index in [9.17, 15) is 0 Å². The molecule has 4 heteroatoms. The van der Waals surface area contributed by atoms with Crippen LogP contribution < -0.4 is 0 Å². The summed E-state index contributed by atoms with van der Waals surface area (Å²) in [5.74, 6) is 0.634. The first-order chi connectivity index (χ1) is 7.88. The maximum absolute atomic E-state index is 5.66. The van der Waals surface area contributed by atoms with E-state index in [0.717, 1.165) is 0 Å². The van der Waals surface area contributed by atoms with Crippen molar-refractivity contribution in [3.8, 4) is 0 Å². The molecule has 0 amide bonds. The first kappa shape index (κ1) is 13.3. The topological polar surface area (TPSA) is 27.7 Å². The summed E-state index contributed by atoms with van der Waals surface area (Å²) in [4.78, 5) is 0. The Bertz CT molecular complexity index is 338. The van der Waals surface area contributed by atoms with Crippen LogP contribution in [-0.4, -0.2) is 30.1 Å². The second-order valence-corrected chi connectivity index (χ2v) is 8.82. The average Bonchev–Trinajstić information content (AvgIpc) is 2.65. The molecule has 2 rings (SSSR count). The van der Waals surface area contributed by atoms with Gasteiger partial charge in [0.1, 0.15) is 0 Å². The van der Waals surface area contributed by atoms with Gasteiger partial charge in [0.15, 0.2) is 0 Å². The third-order valence-corrected chi connectivity index (χ3v) is 8.39. The van der Waals surface area contributed by atoms with Gasteiger partial charge in [-0.1, -0.05) is 26.8 Å². The van der Waals surface area contributed by atoms with E-state index in [4.69, 9.17) is 13.3 Å². The molecular weight excluding hydrogens is 232 g/mol. The Morgan fingerprint density at radius 1 is 1.12 bits per heavy atom. The van der Waals surface area contributed by atoms with Gasteiger partial charge in [-0.2, -0.15) is 0 Å². The van der Waals surface area contributed by atoms with Gasteiger partial charge in [0.05, 0.1) is 0 Å². The van der Waals surface area contributed by atoms with E-state index in [1.54, 1.807) is 21.3 Å². The lowest BCUT2D eigenvalue weighted by Crippen LogP contribution is -2.51. The Balaban J connectivity index is 2.46. The van der Waals surface area contributed by atoms with E-state index in [1.165, 1.54) is 18.0 Å². The van der Waals surface area contributed by atoms with Gasteiger partial charge in [0, 0.05) is 26.5 Å². The van der Waals surface area contributed by atoms with Crippen LogP contribution in [0.25, 0.3) is 0 Å². The summed E-state index contributed by atoms with van der Waals surface area (Å²) in [6.07, 6.45) is 4.85. The lowest BCUT2D eigenvalue weighted by molar-refractivity contribution is 0.109. The minimum Gasteiger partial charge on any atom is -0.374 e. The van der Waals surface area contributed by atoms with Crippen molar-refractivity contribution in [3.63, 3.8) is 0 Å². The molecule has 0 radical (unpaired) electrons. The van der Waals surface area contributed by atoms with Crippen LogP contribution in [0, 0.1) is 16.7 Å². The molecule has 2 unspecified atom stereocenters. The molecule has 17 heavy (non-hydrogen) atoms. The summed E-state index contributed by atoms with van der Waals surface area (Å²) in [7, 11) is 2.45. The summed E-state index contributed by atoms with van der Waals surface area (Å²) < 4.78 is 17.0. The highest BCUT2D eigenvalue weighted by Crippen LogP contribution is 2.66. The Morgan fingerprint density at radius 2 is 1.65 bits per heavy atom. The van der Waals surface area contributed by atoms with Crippen molar-refractivity contribution in [2.24, 2.45) is 16.7 Å². The van der Waals surface area contributed by atoms with Gasteiger partial charge >= 0.3 is 8.80 Å². The Hall–Kier alpha value is -0.163. The van der Waals surface area contributed by atoms with E-state index < -0.39 is 8.80 Å². The van der Waals surface area contributed by atoms with Gasteiger partial charge in [-0.15, -0.1) is 0 Å². The zero-order chi connectivity index (χ0) is 12.9. The van der Waals surface area contributed by atoms with Gasteiger partial charge in [0.25, 0.3) is 0 Å². The van der Waals surface area contributed by atoms with Crippen LogP contribution in [0.2, 0.25) is 0 Å². The molecule has 2 bridgehead atoms. The molecular formula is C13H24O3Si. The molecule has 0 aromatic carbocycles. The molecule has 3 nitrogen and oxygen atoms in total. The summed E-state index contributed by atoms with van der Waals surface area (Å²) in [6.45, 7) is 7.05. The molecule has 2 atom stereocenters. The number of hydrogen-bond donors (Lipinski definition) is 0. The predicted molar refractivity (Wildman–Crippen MR) is 69.5 cm³/mol. The zero-order valence-corrected chi connectivity index (χ0v) is 12.8. The monoisotopic (exact) mass is 256 g/mol. The number of rotatable bonds is 4. The molecule has 0 aromatic rings. The second-order valence-electron chi connectivity index (χ2n) is 5.95. The lowest BCUT2D eigenvalue weighted by Gasteiger charge is -2.41. The maximum Gasteiger partial charge on any atom is 0.532 e. The number of fused-ring (bicyclic) bond motifs is 2. The highest BCUT2D eigenvalue weighted by atomic mass is 28.4. The Morgan fingerprint density at radius 3 is 1.94 bits per heavy atom. The summed E-state index contributed by atoms with van der Waals surface area (Å²) in [5, 5.41) is 1.29. The smallest absolute Gasteiger partial charge is 0.374 e. The largest absolute Gasteiger partial charge is 0.532 e. The van der Waals surface area contributed by atoms with Gasteiger partial charge in [-0.25, -0.2) is 0 Å². The van der Waals surface area contributed by atoms with Crippen LogP contribution in [0.5, 0.6) is 0 Å². The minimum absolute atomic E-state index is 0.159. The molecule has 0 N–H and O–H groups in total. The van der Waals surface area contributed by atoms with Crippen molar-refractivity contribution in [2.75, 3.05) is 21.3 Å². The van der Waals surface area contributed by atoms with Crippen LogP contribution in [0.3, 0.4) is 0 Å². The molecule has 1 saturated carbocycles. The zero-order valence-electron chi connectivity index (χ0n) is 11.8. The van der Waals surface area contributed by atoms with Crippen molar-refractivity contribution >= 4 is 8.80 Å². The third-order valence-electron chi connectivity index (χ3n) is 5.40. The van der Waals surface area contributed by atoms with Crippen LogP contribution in [0.15, 0.2) is 11.3 Å². The summed E-state index contributed by atoms with van der Waals surface area (Å²) in [5.41, 5.74) is 0.447. The molecule has 0 spiro atoms. The van der Waals surface area contributed by atoms with Gasteiger partial charge in [-0.3, -0.25) is 0 Å². The molecule has 2 aliphatic carbocycles. The van der Waals surface area contributed by atoms with E-state index in [2.05, 4.69) is 26.8 Å². The van der Waals surface area contributed by atoms with E-state index >= 15 is 0 Å².